The van der Waals surface area contributed by atoms with Gasteiger partial charge in [-0.2, -0.15) is 8.42 Å². The molecule has 4 heterocycles. The van der Waals surface area contributed by atoms with Crippen molar-refractivity contribution in [3.8, 4) is 0 Å². The number of aliphatic imine (C=N–C) groups is 1. The molecular formula is C44H50ClN4O7S+. The number of hydrogen-bond donors (Lipinski definition) is 1. The first-order valence-electron chi connectivity index (χ1n) is 19.4. The molecule has 6 rings (SSSR count). The predicted octanol–water partition coefficient (Wildman–Crippen LogP) is 7.93. The standard InChI is InChI=1S/C44H49ClN4O7S/c1-6-7-25-47-29-33(45)28-35-42(47)46-37(43(35,2)3)20-18-32(31-16-13-30(14-17-31)15-24-41(52)56-49-39(50)22-23-40(49)51)19-21-38-44(4,5)34-11-8-9-12-36(34)48(38)26-10-27-57(53,54)55/h8-9,11-14,16-21,28-29H,6-7,10,15,22-27H2,1-5H3/p+1. The summed E-state index contributed by atoms with van der Waals surface area (Å²) >= 11 is 6.61. The van der Waals surface area contributed by atoms with Gasteiger partial charge < -0.3 is 9.74 Å². The third kappa shape index (κ3) is 9.29. The Bertz CT molecular complexity index is 2290. The van der Waals surface area contributed by atoms with E-state index in [1.807, 2.05) is 60.8 Å². The molecule has 0 bridgehead atoms. The second kappa shape index (κ2) is 16.9. The Kier molecular flexibility index (Phi) is 12.4. The number of rotatable bonds is 15. The number of carbonyl (C=O) groups is 3. The molecule has 0 spiro atoms. The van der Waals surface area contributed by atoms with E-state index in [-0.39, 0.29) is 31.4 Å². The maximum Gasteiger partial charge on any atom is 0.333 e. The summed E-state index contributed by atoms with van der Waals surface area (Å²) in [5.74, 6) is -1.12. The van der Waals surface area contributed by atoms with Crippen LogP contribution >= 0.6 is 11.6 Å². The first-order chi connectivity index (χ1) is 27.0. The lowest BCUT2D eigenvalue weighted by Crippen LogP contribution is -2.35. The van der Waals surface area contributed by atoms with Crippen molar-refractivity contribution < 1.29 is 36.8 Å². The monoisotopic (exact) mass is 813 g/mol. The van der Waals surface area contributed by atoms with E-state index in [1.165, 1.54) is 0 Å². The van der Waals surface area contributed by atoms with Crippen molar-refractivity contribution in [3.63, 3.8) is 0 Å². The molecule has 3 aliphatic rings. The lowest BCUT2D eigenvalue weighted by Gasteiger charge is -2.27. The van der Waals surface area contributed by atoms with Crippen molar-refractivity contribution in [1.82, 2.24) is 5.06 Å². The number of aryl methyl sites for hydroxylation is 2. The van der Waals surface area contributed by atoms with Crippen molar-refractivity contribution in [2.24, 2.45) is 4.99 Å². The van der Waals surface area contributed by atoms with Crippen molar-refractivity contribution in [1.29, 1.82) is 0 Å². The third-order valence-electron chi connectivity index (χ3n) is 10.9. The lowest BCUT2D eigenvalue weighted by atomic mass is 9.81. The Hall–Kier alpha value is -4.91. The number of carbonyl (C=O) groups excluding carboxylic acids is 3. The summed E-state index contributed by atoms with van der Waals surface area (Å²) in [6, 6.07) is 17.9. The quantitative estimate of drug-likeness (QED) is 0.0707. The summed E-state index contributed by atoms with van der Waals surface area (Å²) in [7, 11) is -4.12. The van der Waals surface area contributed by atoms with E-state index in [2.05, 4.69) is 68.4 Å². The van der Waals surface area contributed by atoms with Crippen molar-refractivity contribution >= 4 is 62.3 Å². The van der Waals surface area contributed by atoms with E-state index in [0.29, 0.717) is 23.1 Å². The van der Waals surface area contributed by atoms with Gasteiger partial charge in [0.05, 0.1) is 34.7 Å². The van der Waals surface area contributed by atoms with Crippen LogP contribution in [0.4, 0.5) is 11.5 Å². The number of unbranched alkanes of at least 4 members (excludes halogenated alkanes) is 1. The summed E-state index contributed by atoms with van der Waals surface area (Å²) in [5.41, 5.74) is 6.87. The lowest BCUT2D eigenvalue weighted by molar-refractivity contribution is -0.684. The van der Waals surface area contributed by atoms with Crippen LogP contribution in [0.2, 0.25) is 5.02 Å². The van der Waals surface area contributed by atoms with Gasteiger partial charge in [0.15, 0.2) is 5.71 Å². The molecular weight excluding hydrogens is 764 g/mol. The highest BCUT2D eigenvalue weighted by molar-refractivity contribution is 7.85. The van der Waals surface area contributed by atoms with Gasteiger partial charge in [0.1, 0.15) is 6.20 Å². The Morgan fingerprint density at radius 2 is 1.70 bits per heavy atom. The van der Waals surface area contributed by atoms with Crippen LogP contribution in [0.5, 0.6) is 0 Å². The zero-order chi connectivity index (χ0) is 41.1. The predicted molar refractivity (Wildman–Crippen MR) is 222 cm³/mol. The number of fused-ring (bicyclic) bond motifs is 2. The van der Waals surface area contributed by atoms with E-state index < -0.39 is 38.7 Å². The number of imide groups is 1. The fourth-order valence-corrected chi connectivity index (χ4v) is 8.33. The number of aromatic nitrogens is 1. The summed E-state index contributed by atoms with van der Waals surface area (Å²) in [6.07, 6.45) is 12.9. The minimum absolute atomic E-state index is 0.00803. The molecule has 1 fully saturated rings. The SMILES string of the molecule is CCCC[n+]1cc(Cl)cc2c1N=C(/C=C/C(=C/C=C1/N(CCCS(=O)(=O)O)c3ccccc3C1(C)C)c1ccc(CCC(=O)ON3C(=O)CCC3=O)cc1)C2(C)C. The third-order valence-corrected chi connectivity index (χ3v) is 11.9. The highest BCUT2D eigenvalue weighted by Gasteiger charge is 2.43. The summed E-state index contributed by atoms with van der Waals surface area (Å²) in [6.45, 7) is 11.9. The normalized spacial score (nSPS) is 18.1. The molecule has 0 aliphatic carbocycles. The first-order valence-corrected chi connectivity index (χ1v) is 21.4. The van der Waals surface area contributed by atoms with E-state index in [0.717, 1.165) is 70.1 Å². The van der Waals surface area contributed by atoms with Crippen LogP contribution in [-0.4, -0.2) is 53.8 Å². The Morgan fingerprint density at radius 3 is 2.39 bits per heavy atom. The smallest absolute Gasteiger partial charge is 0.333 e. The summed E-state index contributed by atoms with van der Waals surface area (Å²) in [4.78, 5) is 48.6. The number of hydrogen-bond acceptors (Lipinski definition) is 8. The van der Waals surface area contributed by atoms with Gasteiger partial charge in [-0.1, -0.05) is 93.4 Å². The molecule has 300 valence electrons. The highest BCUT2D eigenvalue weighted by atomic mass is 35.5. The van der Waals surface area contributed by atoms with Gasteiger partial charge in [-0.15, -0.1) is 5.06 Å². The molecule has 2 amide bonds. The minimum atomic E-state index is -4.12. The van der Waals surface area contributed by atoms with E-state index >= 15 is 0 Å². The van der Waals surface area contributed by atoms with E-state index in [4.69, 9.17) is 21.4 Å². The largest absolute Gasteiger partial charge is 0.344 e. The van der Waals surface area contributed by atoms with Crippen LogP contribution in [0.15, 0.2) is 95.8 Å². The van der Waals surface area contributed by atoms with Gasteiger partial charge in [-0.25, -0.2) is 9.36 Å². The van der Waals surface area contributed by atoms with Crippen molar-refractivity contribution in [2.75, 3.05) is 17.2 Å². The molecule has 0 atom stereocenters. The molecule has 1 saturated heterocycles. The number of amides is 2. The summed E-state index contributed by atoms with van der Waals surface area (Å²) < 4.78 is 34.9. The van der Waals surface area contributed by atoms with Gasteiger partial charge >= 0.3 is 11.8 Å². The fourth-order valence-electron chi connectivity index (χ4n) is 7.61. The molecule has 2 aromatic carbocycles. The van der Waals surface area contributed by atoms with Crippen LogP contribution in [-0.2, 0) is 53.1 Å². The van der Waals surface area contributed by atoms with E-state index in [9.17, 15) is 27.4 Å². The van der Waals surface area contributed by atoms with Gasteiger partial charge in [-0.05, 0) is 84.7 Å². The Balaban J connectivity index is 1.34. The number of nitrogens with zero attached hydrogens (tertiary/aromatic N) is 4. The molecule has 1 N–H and O–H groups in total. The molecule has 0 saturated carbocycles. The number of hydroxylamine groups is 2. The number of allylic oxidation sites excluding steroid dienone is 6. The van der Waals surface area contributed by atoms with Crippen LogP contribution in [0.1, 0.15) is 95.4 Å². The molecule has 0 unspecified atom stereocenters. The zero-order valence-corrected chi connectivity index (χ0v) is 34.7. The number of benzene rings is 2. The molecule has 3 aliphatic heterocycles. The number of pyridine rings is 1. The highest BCUT2D eigenvalue weighted by Crippen LogP contribution is 2.48. The van der Waals surface area contributed by atoms with Crippen LogP contribution < -0.4 is 9.47 Å². The second-order valence-electron chi connectivity index (χ2n) is 15.7. The second-order valence-corrected chi connectivity index (χ2v) is 17.8. The zero-order valence-electron chi connectivity index (χ0n) is 33.1. The van der Waals surface area contributed by atoms with Crippen molar-refractivity contribution in [2.45, 2.75) is 96.9 Å². The average molecular weight is 814 g/mol. The summed E-state index contributed by atoms with van der Waals surface area (Å²) in [5, 5.41) is 1.23. The van der Waals surface area contributed by atoms with Gasteiger partial charge in [0.2, 0.25) is 0 Å². The maximum atomic E-state index is 12.5. The molecule has 11 nitrogen and oxygen atoms in total. The van der Waals surface area contributed by atoms with Gasteiger partial charge in [0.25, 0.3) is 21.9 Å². The minimum Gasteiger partial charge on any atom is -0.344 e. The van der Waals surface area contributed by atoms with Gasteiger partial charge in [-0.3, -0.25) is 14.1 Å². The molecule has 3 aromatic rings. The molecule has 13 heteroatoms. The fraction of sp³-hybridized carbons (Fsp3) is 0.386. The Labute approximate surface area is 340 Å². The molecule has 57 heavy (non-hydrogen) atoms. The first kappa shape index (κ1) is 41.7. The Morgan fingerprint density at radius 1 is 1.00 bits per heavy atom. The van der Waals surface area contributed by atoms with Crippen molar-refractivity contribution in [3.05, 3.63) is 118 Å². The maximum absolute atomic E-state index is 12.5. The van der Waals surface area contributed by atoms with Crippen LogP contribution in [0.25, 0.3) is 5.57 Å². The molecule has 0 radical (unpaired) electrons. The van der Waals surface area contributed by atoms with Gasteiger partial charge in [0, 0.05) is 36.2 Å². The average Bonchev–Trinajstić information content (AvgIpc) is 3.69. The topological polar surface area (TPSA) is 138 Å². The van der Waals surface area contributed by atoms with Crippen LogP contribution in [0.3, 0.4) is 0 Å². The molecule has 1 aromatic heterocycles. The van der Waals surface area contributed by atoms with Crippen LogP contribution in [0, 0.1) is 0 Å². The number of anilines is 1. The number of para-hydroxylation sites is 1. The number of halogens is 1. The van der Waals surface area contributed by atoms with E-state index in [1.54, 1.807) is 0 Å².